The number of aliphatic imine (C=N–C) groups is 1. The molecule has 0 saturated heterocycles. The minimum absolute atomic E-state index is 0.139. The normalized spacial score (nSPS) is 12.7. The Bertz CT molecular complexity index is 979. The standard InChI is InChI=1S/C18H15N3O5/c1-11-18(20-26-21(11)22)14-7-16-17(25-10-24-16)8-15(14)19-9-12-3-5-13(23-2)6-4-12/h3-9H,10H2,1-2H3. The van der Waals surface area contributed by atoms with E-state index in [9.17, 15) is 5.21 Å². The Morgan fingerprint density at radius 2 is 1.92 bits per heavy atom. The molecule has 0 unspecified atom stereocenters. The summed E-state index contributed by atoms with van der Waals surface area (Å²) in [6, 6.07) is 11.0. The summed E-state index contributed by atoms with van der Waals surface area (Å²) in [4.78, 5) is 4.90. The summed E-state index contributed by atoms with van der Waals surface area (Å²) in [6.07, 6.45) is 1.71. The van der Waals surface area contributed by atoms with Crippen LogP contribution in [0.4, 0.5) is 5.69 Å². The van der Waals surface area contributed by atoms with Crippen LogP contribution in [0.1, 0.15) is 11.3 Å². The molecule has 0 amide bonds. The molecular weight excluding hydrogens is 338 g/mol. The van der Waals surface area contributed by atoms with Crippen LogP contribution in [0.5, 0.6) is 17.2 Å². The molecule has 26 heavy (non-hydrogen) atoms. The highest BCUT2D eigenvalue weighted by atomic mass is 16.8. The van der Waals surface area contributed by atoms with Gasteiger partial charge in [0.2, 0.25) is 12.5 Å². The number of hydrogen-bond acceptors (Lipinski definition) is 7. The quantitative estimate of drug-likeness (QED) is 0.529. The molecule has 0 spiro atoms. The number of methoxy groups -OCH3 is 1. The van der Waals surface area contributed by atoms with Crippen LogP contribution in [0.3, 0.4) is 0 Å². The highest BCUT2D eigenvalue weighted by Crippen LogP contribution is 2.42. The summed E-state index contributed by atoms with van der Waals surface area (Å²) in [6.45, 7) is 1.76. The molecule has 4 rings (SSSR count). The first-order chi connectivity index (χ1) is 12.7. The van der Waals surface area contributed by atoms with Crippen molar-refractivity contribution in [2.45, 2.75) is 6.92 Å². The fraction of sp³-hybridized carbons (Fsp3) is 0.167. The molecule has 3 aromatic rings. The van der Waals surface area contributed by atoms with Crippen molar-refractivity contribution < 1.29 is 23.7 Å². The Kier molecular flexibility index (Phi) is 3.92. The molecule has 8 heteroatoms. The minimum atomic E-state index is 0.139. The maximum atomic E-state index is 11.6. The molecule has 0 saturated carbocycles. The van der Waals surface area contributed by atoms with Crippen LogP contribution >= 0.6 is 0 Å². The lowest BCUT2D eigenvalue weighted by Crippen LogP contribution is -2.25. The average molecular weight is 353 g/mol. The van der Waals surface area contributed by atoms with Crippen molar-refractivity contribution in [3.63, 3.8) is 0 Å². The first-order valence-corrected chi connectivity index (χ1v) is 7.84. The van der Waals surface area contributed by atoms with Crippen LogP contribution in [0.25, 0.3) is 11.3 Å². The van der Waals surface area contributed by atoms with Crippen molar-refractivity contribution >= 4 is 11.9 Å². The molecule has 2 heterocycles. The van der Waals surface area contributed by atoms with Crippen molar-refractivity contribution in [3.8, 4) is 28.5 Å². The molecule has 8 nitrogen and oxygen atoms in total. The molecule has 1 aliphatic heterocycles. The maximum Gasteiger partial charge on any atom is 0.253 e. The zero-order valence-corrected chi connectivity index (χ0v) is 14.1. The monoisotopic (exact) mass is 353 g/mol. The zero-order chi connectivity index (χ0) is 18.1. The van der Waals surface area contributed by atoms with Crippen molar-refractivity contribution in [1.29, 1.82) is 0 Å². The third-order valence-electron chi connectivity index (χ3n) is 4.04. The second-order valence-electron chi connectivity index (χ2n) is 5.62. The molecule has 2 aromatic carbocycles. The molecule has 0 N–H and O–H groups in total. The molecular formula is C18H15N3O5. The fourth-order valence-electron chi connectivity index (χ4n) is 2.60. The van der Waals surface area contributed by atoms with E-state index < -0.39 is 0 Å². The third-order valence-corrected chi connectivity index (χ3v) is 4.04. The van der Waals surface area contributed by atoms with Crippen LogP contribution < -0.4 is 19.1 Å². The fourth-order valence-corrected chi connectivity index (χ4v) is 2.60. The predicted octanol–water partition coefficient (Wildman–Crippen LogP) is 2.77. The molecule has 1 aliphatic rings. The zero-order valence-electron chi connectivity index (χ0n) is 14.1. The van der Waals surface area contributed by atoms with Gasteiger partial charge in [0.25, 0.3) is 5.69 Å². The van der Waals surface area contributed by atoms with Gasteiger partial charge in [-0.25, -0.2) is 0 Å². The first-order valence-electron chi connectivity index (χ1n) is 7.84. The highest BCUT2D eigenvalue weighted by Gasteiger charge is 2.24. The van der Waals surface area contributed by atoms with Gasteiger partial charge in [0.1, 0.15) is 5.75 Å². The summed E-state index contributed by atoms with van der Waals surface area (Å²) in [7, 11) is 1.62. The lowest BCUT2D eigenvalue weighted by Gasteiger charge is -2.04. The van der Waals surface area contributed by atoms with Gasteiger partial charge in [-0.2, -0.15) is 0 Å². The van der Waals surface area contributed by atoms with Crippen molar-refractivity contribution in [2.75, 3.05) is 13.9 Å². The van der Waals surface area contributed by atoms with Gasteiger partial charge in [0.05, 0.1) is 18.4 Å². The second kappa shape index (κ2) is 6.40. The Labute approximate surface area is 148 Å². The van der Waals surface area contributed by atoms with E-state index in [2.05, 4.69) is 14.8 Å². The Morgan fingerprint density at radius 3 is 2.58 bits per heavy atom. The van der Waals surface area contributed by atoms with E-state index in [0.717, 1.165) is 11.3 Å². The molecule has 132 valence electrons. The summed E-state index contributed by atoms with van der Waals surface area (Å²) in [5.41, 5.74) is 2.84. The third kappa shape index (κ3) is 2.81. The van der Waals surface area contributed by atoms with Crippen LogP contribution in [-0.4, -0.2) is 25.3 Å². The van der Waals surface area contributed by atoms with E-state index in [0.29, 0.717) is 39.0 Å². The Morgan fingerprint density at radius 1 is 1.19 bits per heavy atom. The van der Waals surface area contributed by atoms with Crippen molar-refractivity contribution in [3.05, 3.63) is 52.9 Å². The summed E-state index contributed by atoms with van der Waals surface area (Å²) >= 11 is 0. The minimum Gasteiger partial charge on any atom is -0.497 e. The number of ether oxygens (including phenoxy) is 3. The molecule has 0 aliphatic carbocycles. The average Bonchev–Trinajstić information content (AvgIpc) is 3.26. The Balaban J connectivity index is 1.76. The molecule has 0 radical (unpaired) electrons. The molecule has 1 aromatic heterocycles. The highest BCUT2D eigenvalue weighted by molar-refractivity contribution is 5.86. The smallest absolute Gasteiger partial charge is 0.253 e. The van der Waals surface area contributed by atoms with Gasteiger partial charge < -0.3 is 19.4 Å². The predicted molar refractivity (Wildman–Crippen MR) is 92.0 cm³/mol. The van der Waals surface area contributed by atoms with Gasteiger partial charge in [0.15, 0.2) is 11.5 Å². The number of rotatable bonds is 4. The van der Waals surface area contributed by atoms with E-state index in [-0.39, 0.29) is 6.79 Å². The van der Waals surface area contributed by atoms with Gasteiger partial charge >= 0.3 is 0 Å². The van der Waals surface area contributed by atoms with E-state index in [1.165, 1.54) is 0 Å². The summed E-state index contributed by atoms with van der Waals surface area (Å²) in [5, 5.41) is 15.4. The maximum absolute atomic E-state index is 11.6. The van der Waals surface area contributed by atoms with Gasteiger partial charge in [0, 0.05) is 24.4 Å². The van der Waals surface area contributed by atoms with Crippen LogP contribution in [0, 0.1) is 12.1 Å². The SMILES string of the molecule is COc1ccc(C=Nc2cc3c(cc2-c2no[n+]([O-])c2C)OCO3)cc1. The number of aromatic nitrogens is 2. The lowest BCUT2D eigenvalue weighted by molar-refractivity contribution is -0.806. The summed E-state index contributed by atoms with van der Waals surface area (Å²) < 4.78 is 20.7. The second-order valence-corrected chi connectivity index (χ2v) is 5.62. The largest absolute Gasteiger partial charge is 0.497 e. The van der Waals surface area contributed by atoms with Crippen LogP contribution in [0.15, 0.2) is 46.0 Å². The number of hydrogen-bond donors (Lipinski definition) is 0. The number of fused-ring (bicyclic) bond motifs is 1. The van der Waals surface area contributed by atoms with E-state index in [1.807, 2.05) is 24.3 Å². The van der Waals surface area contributed by atoms with E-state index in [4.69, 9.17) is 14.2 Å². The number of nitrogens with zero attached hydrogens (tertiary/aromatic N) is 3. The van der Waals surface area contributed by atoms with Gasteiger partial charge in [-0.15, -0.1) is 0 Å². The Hall–Kier alpha value is -3.55. The number of benzene rings is 2. The van der Waals surface area contributed by atoms with Gasteiger partial charge in [-0.3, -0.25) is 9.62 Å². The molecule has 0 fully saturated rings. The van der Waals surface area contributed by atoms with E-state index in [1.54, 1.807) is 32.4 Å². The molecule has 0 bridgehead atoms. The molecule has 0 atom stereocenters. The first kappa shape index (κ1) is 15.9. The topological polar surface area (TPSA) is 93.0 Å². The lowest BCUT2D eigenvalue weighted by atomic mass is 10.1. The van der Waals surface area contributed by atoms with Crippen LogP contribution in [-0.2, 0) is 0 Å². The van der Waals surface area contributed by atoms with Crippen molar-refractivity contribution in [1.82, 2.24) is 5.16 Å². The van der Waals surface area contributed by atoms with Gasteiger partial charge in [-0.05, 0) is 40.8 Å². The summed E-state index contributed by atoms with van der Waals surface area (Å²) in [5.74, 6) is 1.93. The van der Waals surface area contributed by atoms with E-state index >= 15 is 0 Å². The van der Waals surface area contributed by atoms with Crippen LogP contribution in [0.2, 0.25) is 0 Å². The van der Waals surface area contributed by atoms with Crippen molar-refractivity contribution in [2.24, 2.45) is 4.99 Å². The van der Waals surface area contributed by atoms with Gasteiger partial charge in [-0.1, -0.05) is 0 Å².